The van der Waals surface area contributed by atoms with Crippen LogP contribution in [0.25, 0.3) is 0 Å². The largest absolute Gasteiger partial charge is 0.379 e. The average molecular weight is 733 g/mol. The number of hydrogen-bond donors (Lipinski definition) is 1. The number of benzene rings is 1. The van der Waals surface area contributed by atoms with E-state index in [1.54, 1.807) is 80.0 Å². The topological polar surface area (TPSA) is 155 Å². The van der Waals surface area contributed by atoms with Gasteiger partial charge in [-0.2, -0.15) is 0 Å². The summed E-state index contributed by atoms with van der Waals surface area (Å²) in [7, 11) is 10.1. The summed E-state index contributed by atoms with van der Waals surface area (Å²) in [5.41, 5.74) is 0.572. The van der Waals surface area contributed by atoms with Crippen LogP contribution in [-0.4, -0.2) is 140 Å². The zero-order valence-electron chi connectivity index (χ0n) is 33.5. The van der Waals surface area contributed by atoms with Crippen LogP contribution < -0.4 is 5.32 Å². The second kappa shape index (κ2) is 20.6. The van der Waals surface area contributed by atoms with E-state index in [0.29, 0.717) is 24.9 Å². The number of nitro benzene ring substituents is 1. The van der Waals surface area contributed by atoms with Crippen molar-refractivity contribution in [3.63, 3.8) is 0 Å². The molecule has 0 aliphatic carbocycles. The third-order valence-electron chi connectivity index (χ3n) is 10.9. The van der Waals surface area contributed by atoms with E-state index in [0.717, 1.165) is 12.8 Å². The van der Waals surface area contributed by atoms with Crippen LogP contribution in [0.4, 0.5) is 5.69 Å². The van der Waals surface area contributed by atoms with Gasteiger partial charge >= 0.3 is 0 Å². The predicted octanol–water partition coefficient (Wildman–Crippen LogP) is 3.61. The van der Waals surface area contributed by atoms with Crippen LogP contribution in [0.15, 0.2) is 24.3 Å². The number of rotatable bonds is 20. The van der Waals surface area contributed by atoms with Gasteiger partial charge in [-0.15, -0.1) is 0 Å². The minimum Gasteiger partial charge on any atom is -0.379 e. The van der Waals surface area contributed by atoms with Crippen LogP contribution in [0.2, 0.25) is 0 Å². The van der Waals surface area contributed by atoms with Gasteiger partial charge in [0.25, 0.3) is 5.69 Å². The fourth-order valence-electron chi connectivity index (χ4n) is 7.19. The molecule has 1 aromatic rings. The Hall–Kier alpha value is -3.62. The highest BCUT2D eigenvalue weighted by molar-refractivity contribution is 5.90. The quantitative estimate of drug-likeness (QED) is 0.156. The maximum atomic E-state index is 14.1. The van der Waals surface area contributed by atoms with E-state index in [1.165, 1.54) is 6.07 Å². The number of likely N-dealkylation sites (N-methyl/N-ethyl adjacent to an activating group) is 3. The van der Waals surface area contributed by atoms with E-state index in [1.807, 2.05) is 41.8 Å². The predicted molar refractivity (Wildman–Crippen MR) is 200 cm³/mol. The number of carbonyl (C=O) groups is 4. The van der Waals surface area contributed by atoms with Gasteiger partial charge in [0.2, 0.25) is 23.6 Å². The van der Waals surface area contributed by atoms with Crippen LogP contribution in [-0.2, 0) is 35.1 Å². The Morgan fingerprint density at radius 3 is 2.17 bits per heavy atom. The Morgan fingerprint density at radius 1 is 1.00 bits per heavy atom. The zero-order valence-corrected chi connectivity index (χ0v) is 33.5. The molecule has 0 radical (unpaired) electrons. The zero-order chi connectivity index (χ0) is 39.4. The fourth-order valence-corrected chi connectivity index (χ4v) is 7.19. The number of nitrogens with one attached hydrogen (secondary N) is 1. The second-order valence-electron chi connectivity index (χ2n) is 14.9. The lowest BCUT2D eigenvalue weighted by molar-refractivity contribution is -0.385. The molecule has 1 heterocycles. The molecule has 52 heavy (non-hydrogen) atoms. The van der Waals surface area contributed by atoms with E-state index in [4.69, 9.17) is 9.47 Å². The molecule has 1 aliphatic heterocycles. The second-order valence-corrected chi connectivity index (χ2v) is 14.9. The molecule has 0 aromatic heterocycles. The molecular formula is C38H64N6O8. The van der Waals surface area contributed by atoms with Crippen molar-refractivity contribution in [2.45, 2.75) is 110 Å². The number of amides is 4. The summed E-state index contributed by atoms with van der Waals surface area (Å²) < 4.78 is 11.9. The number of hydrogen-bond acceptors (Lipinski definition) is 9. The summed E-state index contributed by atoms with van der Waals surface area (Å²) >= 11 is 0. The lowest BCUT2D eigenvalue weighted by atomic mass is 9.89. The maximum Gasteiger partial charge on any atom is 0.272 e. The minimum atomic E-state index is -0.759. The van der Waals surface area contributed by atoms with Crippen LogP contribution in [0.5, 0.6) is 0 Å². The number of nitro groups is 1. The molecule has 14 heteroatoms. The standard InChI is InChI=1S/C38H64N6O8/c1-13-25(4)34(42(10)38(48)33(24(2)3)39-36(46)27(6)40(7)8)31(51-11)23-32(45)43-21-16-19-30(43)35(52-12)26(5)37(47)41(9)22-20-28-17-14-15-18-29(28)44(49)50/h14-15,17-18,24-27,30-31,33-35H,13,16,19-23H2,1-12H3,(H,39,46)/t25-,26+,27+,30-,31+,33-,34-,35+/m0/s1. The lowest BCUT2D eigenvalue weighted by Crippen LogP contribution is -2.59. The first-order valence-electron chi connectivity index (χ1n) is 18.5. The molecule has 1 fully saturated rings. The molecule has 4 amide bonds. The summed E-state index contributed by atoms with van der Waals surface area (Å²) in [6.07, 6.45) is 1.27. The number of para-hydroxylation sites is 1. The van der Waals surface area contributed by atoms with Crippen molar-refractivity contribution in [1.82, 2.24) is 24.9 Å². The van der Waals surface area contributed by atoms with Crippen LogP contribution in [0, 0.1) is 27.9 Å². The van der Waals surface area contributed by atoms with Crippen LogP contribution in [0.1, 0.15) is 72.8 Å². The van der Waals surface area contributed by atoms with Crippen molar-refractivity contribution in [2.75, 3.05) is 55.5 Å². The van der Waals surface area contributed by atoms with Crippen LogP contribution >= 0.6 is 0 Å². The first-order chi connectivity index (χ1) is 24.4. The summed E-state index contributed by atoms with van der Waals surface area (Å²) in [5.74, 6) is -1.60. The number of likely N-dealkylation sites (tertiary alicyclic amines) is 1. The Balaban J connectivity index is 2.23. The Kier molecular flexibility index (Phi) is 17.6. The molecule has 1 aromatic carbocycles. The highest BCUT2D eigenvalue weighted by Gasteiger charge is 2.43. The Morgan fingerprint density at radius 2 is 1.63 bits per heavy atom. The van der Waals surface area contributed by atoms with E-state index in [9.17, 15) is 29.3 Å². The molecule has 1 aliphatic rings. The number of ether oxygens (including phenoxy) is 2. The average Bonchev–Trinajstić information content (AvgIpc) is 3.60. The van der Waals surface area contributed by atoms with E-state index in [-0.39, 0.29) is 60.2 Å². The summed E-state index contributed by atoms with van der Waals surface area (Å²) in [6, 6.07) is 4.52. The van der Waals surface area contributed by atoms with Crippen molar-refractivity contribution in [3.8, 4) is 0 Å². The summed E-state index contributed by atoms with van der Waals surface area (Å²) in [5, 5.41) is 14.4. The summed E-state index contributed by atoms with van der Waals surface area (Å²) in [6.45, 7) is 12.2. The van der Waals surface area contributed by atoms with E-state index in [2.05, 4.69) is 5.32 Å². The number of carbonyl (C=O) groups excluding carboxylic acids is 4. The third kappa shape index (κ3) is 11.2. The van der Waals surface area contributed by atoms with Crippen molar-refractivity contribution in [1.29, 1.82) is 0 Å². The van der Waals surface area contributed by atoms with Crippen molar-refractivity contribution >= 4 is 29.3 Å². The van der Waals surface area contributed by atoms with Crippen molar-refractivity contribution < 1.29 is 33.6 Å². The van der Waals surface area contributed by atoms with Gasteiger partial charge in [0, 0.05) is 53.0 Å². The molecule has 1 N–H and O–H groups in total. The Bertz CT molecular complexity index is 1360. The number of methoxy groups -OCH3 is 2. The molecule has 0 saturated carbocycles. The fraction of sp³-hybridized carbons (Fsp3) is 0.737. The monoisotopic (exact) mass is 732 g/mol. The van der Waals surface area contributed by atoms with Gasteiger partial charge in [0.15, 0.2) is 0 Å². The van der Waals surface area contributed by atoms with Gasteiger partial charge < -0.3 is 29.5 Å². The van der Waals surface area contributed by atoms with Crippen LogP contribution in [0.3, 0.4) is 0 Å². The molecule has 0 bridgehead atoms. The highest BCUT2D eigenvalue weighted by Crippen LogP contribution is 2.30. The maximum absolute atomic E-state index is 14.1. The normalized spacial score (nSPS) is 18.7. The van der Waals surface area contributed by atoms with E-state index < -0.39 is 41.2 Å². The molecular weight excluding hydrogens is 668 g/mol. The molecule has 294 valence electrons. The van der Waals surface area contributed by atoms with Gasteiger partial charge in [-0.25, -0.2) is 0 Å². The first kappa shape index (κ1) is 44.5. The van der Waals surface area contributed by atoms with Crippen molar-refractivity contribution in [2.24, 2.45) is 17.8 Å². The molecule has 2 rings (SSSR count). The lowest BCUT2D eigenvalue weighted by Gasteiger charge is -2.41. The molecule has 1 saturated heterocycles. The smallest absolute Gasteiger partial charge is 0.272 e. The third-order valence-corrected chi connectivity index (χ3v) is 10.9. The van der Waals surface area contributed by atoms with Crippen molar-refractivity contribution in [3.05, 3.63) is 39.9 Å². The molecule has 8 atom stereocenters. The molecule has 14 nitrogen and oxygen atoms in total. The number of nitrogens with zero attached hydrogens (tertiary/aromatic N) is 5. The van der Waals surface area contributed by atoms with Gasteiger partial charge in [0.05, 0.1) is 47.6 Å². The molecule has 0 spiro atoms. The van der Waals surface area contributed by atoms with Gasteiger partial charge in [0.1, 0.15) is 6.04 Å². The minimum absolute atomic E-state index is 0.0184. The van der Waals surface area contributed by atoms with E-state index >= 15 is 0 Å². The molecule has 0 unspecified atom stereocenters. The highest BCUT2D eigenvalue weighted by atomic mass is 16.6. The first-order valence-corrected chi connectivity index (χ1v) is 18.5. The van der Waals surface area contributed by atoms with Gasteiger partial charge in [-0.1, -0.05) is 59.2 Å². The van der Waals surface area contributed by atoms with Gasteiger partial charge in [-0.05, 0) is 52.1 Å². The summed E-state index contributed by atoms with van der Waals surface area (Å²) in [4.78, 5) is 72.6. The Labute approximate surface area is 310 Å². The van der Waals surface area contributed by atoms with Gasteiger partial charge in [-0.3, -0.25) is 34.2 Å². The SMILES string of the molecule is CC[C@H](C)[C@@H]([C@@H](CC(=O)N1CCC[C@H]1[C@H](OC)[C@@H](C)C(=O)N(C)CCc1ccccc1[N+](=O)[O-])OC)N(C)C(=O)[C@@H](NC(=O)[C@@H](C)N(C)C)C(C)C.